The van der Waals surface area contributed by atoms with E-state index in [-0.39, 0.29) is 18.4 Å². The summed E-state index contributed by atoms with van der Waals surface area (Å²) in [6.07, 6.45) is 3.80. The number of benzene rings is 2. The number of hydrogen-bond donors (Lipinski definition) is 2. The van der Waals surface area contributed by atoms with Crippen molar-refractivity contribution in [2.24, 2.45) is 5.92 Å². The number of ether oxygens (including phenoxy) is 1. The Kier molecular flexibility index (Phi) is 9.64. The fraction of sp³-hybridized carbons (Fsp3) is 0.452. The largest absolute Gasteiger partial charge is 0.491 e. The lowest BCUT2D eigenvalue weighted by molar-refractivity contribution is -0.122. The topological polar surface area (TPSA) is 61.8 Å². The first-order valence-corrected chi connectivity index (χ1v) is 13.8. The van der Waals surface area contributed by atoms with Crippen LogP contribution in [0.3, 0.4) is 0 Å². The second kappa shape index (κ2) is 12.9. The third-order valence-corrected chi connectivity index (χ3v) is 7.62. The van der Waals surface area contributed by atoms with Crippen molar-refractivity contribution in [3.8, 4) is 5.75 Å². The summed E-state index contributed by atoms with van der Waals surface area (Å²) in [5.41, 5.74) is 3.91. The Balaban J connectivity index is 1.42. The van der Waals surface area contributed by atoms with Crippen LogP contribution in [0, 0.1) is 5.92 Å². The van der Waals surface area contributed by atoms with Gasteiger partial charge < -0.3 is 15.2 Å². The van der Waals surface area contributed by atoms with Crippen LogP contribution in [0.4, 0.5) is 4.39 Å². The monoisotopic (exact) mass is 540 g/mol. The van der Waals surface area contributed by atoms with Gasteiger partial charge in [-0.25, -0.2) is 4.39 Å². The van der Waals surface area contributed by atoms with Crippen LogP contribution in [0.1, 0.15) is 56.4 Å². The van der Waals surface area contributed by atoms with Crippen LogP contribution in [-0.4, -0.2) is 53.9 Å². The number of hydrogen-bond acceptors (Lipinski definition) is 4. The lowest BCUT2D eigenvalue weighted by Gasteiger charge is -2.29. The van der Waals surface area contributed by atoms with Gasteiger partial charge >= 0.3 is 0 Å². The van der Waals surface area contributed by atoms with Crippen molar-refractivity contribution in [1.82, 2.24) is 10.2 Å². The SMILES string of the molecule is CC(C)Oc1ccc([C@@H](O)[C@@H](CN2CC[C@@H](F)C2)NC(=O)Cc2ccc(C3=CC=C(Cl)C(C)C3)cc2)cc1. The Morgan fingerprint density at radius 2 is 1.87 bits per heavy atom. The normalized spacial score (nSPS) is 21.6. The number of allylic oxidation sites excluding steroid dienone is 4. The third kappa shape index (κ3) is 7.68. The summed E-state index contributed by atoms with van der Waals surface area (Å²) in [6.45, 7) is 7.32. The minimum atomic E-state index is -0.937. The van der Waals surface area contributed by atoms with Crippen LogP contribution in [-0.2, 0) is 11.2 Å². The average molecular weight is 541 g/mol. The lowest BCUT2D eigenvalue weighted by Crippen LogP contribution is -2.47. The predicted molar refractivity (Wildman–Crippen MR) is 151 cm³/mol. The van der Waals surface area contributed by atoms with Gasteiger partial charge in [0.2, 0.25) is 5.91 Å². The maximum atomic E-state index is 13.8. The van der Waals surface area contributed by atoms with E-state index in [4.69, 9.17) is 16.3 Å². The Morgan fingerprint density at radius 3 is 2.47 bits per heavy atom. The maximum Gasteiger partial charge on any atom is 0.224 e. The van der Waals surface area contributed by atoms with E-state index in [9.17, 15) is 14.3 Å². The van der Waals surface area contributed by atoms with Crippen LogP contribution in [0.2, 0.25) is 0 Å². The van der Waals surface area contributed by atoms with E-state index in [1.807, 2.05) is 73.4 Å². The number of nitrogens with one attached hydrogen (secondary N) is 1. The minimum absolute atomic E-state index is 0.0500. The Bertz CT molecular complexity index is 1150. The summed E-state index contributed by atoms with van der Waals surface area (Å²) in [6, 6.07) is 14.7. The summed E-state index contributed by atoms with van der Waals surface area (Å²) in [5.74, 6) is 0.836. The van der Waals surface area contributed by atoms with Crippen LogP contribution in [0.5, 0.6) is 5.75 Å². The molecular formula is C31H38ClFN2O3. The van der Waals surface area contributed by atoms with E-state index in [1.165, 1.54) is 5.57 Å². The number of amides is 1. The number of aliphatic hydroxyl groups is 1. The average Bonchev–Trinajstić information content (AvgIpc) is 3.30. The van der Waals surface area contributed by atoms with Crippen molar-refractivity contribution in [1.29, 1.82) is 0 Å². The molecule has 0 saturated carbocycles. The van der Waals surface area contributed by atoms with E-state index in [0.29, 0.717) is 37.5 Å². The van der Waals surface area contributed by atoms with Gasteiger partial charge in [0.05, 0.1) is 18.6 Å². The number of alkyl halides is 1. The fourth-order valence-electron chi connectivity index (χ4n) is 5.04. The van der Waals surface area contributed by atoms with Gasteiger partial charge in [-0.05, 0) is 73.1 Å². The van der Waals surface area contributed by atoms with E-state index < -0.39 is 18.3 Å². The molecule has 0 radical (unpaired) electrons. The van der Waals surface area contributed by atoms with E-state index in [2.05, 4.69) is 18.3 Å². The number of carbonyl (C=O) groups excluding carboxylic acids is 1. The first-order chi connectivity index (χ1) is 18.2. The first kappa shape index (κ1) is 28.3. The molecule has 2 N–H and O–H groups in total. The van der Waals surface area contributed by atoms with Gasteiger partial charge in [0.1, 0.15) is 18.0 Å². The van der Waals surface area contributed by atoms with Gasteiger partial charge in [-0.1, -0.05) is 61.0 Å². The number of nitrogens with zero attached hydrogens (tertiary/aromatic N) is 1. The van der Waals surface area contributed by atoms with Crippen molar-refractivity contribution in [2.75, 3.05) is 19.6 Å². The number of carbonyl (C=O) groups is 1. The standard InChI is InChI=1S/C31H38ClFN2O3/c1-20(2)38-27-11-8-24(9-12-27)31(37)29(19-35-15-14-26(33)18-35)34-30(36)17-22-4-6-23(7-5-22)25-10-13-28(32)21(3)16-25/h4-13,20-21,26,29,31,37H,14-19H2,1-3H3,(H,34,36)/t21?,26-,29-,31-/m1/s1. The van der Waals surface area contributed by atoms with E-state index >= 15 is 0 Å². The van der Waals surface area contributed by atoms with Gasteiger partial charge in [-0.2, -0.15) is 0 Å². The molecule has 5 nitrogen and oxygen atoms in total. The summed E-state index contributed by atoms with van der Waals surface area (Å²) in [4.78, 5) is 15.0. The van der Waals surface area contributed by atoms with Crippen molar-refractivity contribution >= 4 is 23.1 Å². The Labute approximate surface area is 230 Å². The van der Waals surface area contributed by atoms with Crippen LogP contribution in [0.25, 0.3) is 5.57 Å². The summed E-state index contributed by atoms with van der Waals surface area (Å²) >= 11 is 6.22. The second-order valence-electron chi connectivity index (χ2n) is 10.7. The zero-order valence-electron chi connectivity index (χ0n) is 22.4. The third-order valence-electron chi connectivity index (χ3n) is 7.12. The molecule has 1 heterocycles. The molecule has 0 bridgehead atoms. The highest BCUT2D eigenvalue weighted by atomic mass is 35.5. The maximum absolute atomic E-state index is 13.8. The highest BCUT2D eigenvalue weighted by Crippen LogP contribution is 2.33. The van der Waals surface area contributed by atoms with Gasteiger partial charge in [-0.15, -0.1) is 0 Å². The predicted octanol–water partition coefficient (Wildman–Crippen LogP) is 5.82. The molecule has 2 aromatic carbocycles. The molecule has 2 aliphatic rings. The van der Waals surface area contributed by atoms with Crippen molar-refractivity contribution < 1.29 is 19.0 Å². The van der Waals surface area contributed by atoms with Gasteiger partial charge in [-0.3, -0.25) is 9.69 Å². The number of likely N-dealkylation sites (tertiary alicyclic amines) is 1. The van der Waals surface area contributed by atoms with Crippen LogP contribution < -0.4 is 10.1 Å². The molecular weight excluding hydrogens is 503 g/mol. The highest BCUT2D eigenvalue weighted by Gasteiger charge is 2.29. The molecule has 2 aromatic rings. The van der Waals surface area contributed by atoms with E-state index in [0.717, 1.165) is 28.3 Å². The highest BCUT2D eigenvalue weighted by molar-refractivity contribution is 6.30. The molecule has 1 fully saturated rings. The van der Waals surface area contributed by atoms with E-state index in [1.54, 1.807) is 0 Å². The first-order valence-electron chi connectivity index (χ1n) is 13.4. The summed E-state index contributed by atoms with van der Waals surface area (Å²) < 4.78 is 19.5. The molecule has 1 amide bonds. The molecule has 38 heavy (non-hydrogen) atoms. The van der Waals surface area contributed by atoms with Gasteiger partial charge in [0.25, 0.3) is 0 Å². The molecule has 1 aliphatic heterocycles. The Hall–Kier alpha value is -2.67. The molecule has 4 rings (SSSR count). The quantitative estimate of drug-likeness (QED) is 0.398. The lowest BCUT2D eigenvalue weighted by atomic mass is 9.90. The molecule has 1 saturated heterocycles. The zero-order valence-corrected chi connectivity index (χ0v) is 23.1. The molecule has 7 heteroatoms. The van der Waals surface area contributed by atoms with Crippen molar-refractivity contribution in [3.05, 3.63) is 82.4 Å². The molecule has 4 atom stereocenters. The molecule has 1 unspecified atom stereocenters. The second-order valence-corrected chi connectivity index (χ2v) is 11.2. The van der Waals surface area contributed by atoms with Crippen molar-refractivity contribution in [2.45, 2.75) is 64.5 Å². The molecule has 0 aromatic heterocycles. The smallest absolute Gasteiger partial charge is 0.224 e. The number of rotatable bonds is 10. The van der Waals surface area contributed by atoms with Crippen LogP contribution in [0.15, 0.2) is 65.7 Å². The summed E-state index contributed by atoms with van der Waals surface area (Å²) in [5, 5.41) is 15.1. The fourth-order valence-corrected chi connectivity index (χ4v) is 5.18. The van der Waals surface area contributed by atoms with Gasteiger partial charge in [0, 0.05) is 24.7 Å². The number of aliphatic hydroxyl groups excluding tert-OH is 1. The molecule has 204 valence electrons. The number of halogens is 2. The molecule has 1 aliphatic carbocycles. The summed E-state index contributed by atoms with van der Waals surface area (Å²) in [7, 11) is 0. The zero-order chi connectivity index (χ0) is 27.2. The van der Waals surface area contributed by atoms with Crippen molar-refractivity contribution in [3.63, 3.8) is 0 Å². The van der Waals surface area contributed by atoms with Crippen LogP contribution >= 0.6 is 11.6 Å². The molecule has 0 spiro atoms. The Morgan fingerprint density at radius 1 is 1.16 bits per heavy atom. The minimum Gasteiger partial charge on any atom is -0.491 e. The van der Waals surface area contributed by atoms with Gasteiger partial charge in [0.15, 0.2) is 0 Å².